The molecule has 0 N–H and O–H groups in total. The van der Waals surface area contributed by atoms with Crippen LogP contribution in [0.5, 0.6) is 0 Å². The van der Waals surface area contributed by atoms with Crippen molar-refractivity contribution in [2.24, 2.45) is 0 Å². The average molecular weight is 226 g/mol. The van der Waals surface area contributed by atoms with E-state index in [1.165, 1.54) is 48.0 Å². The standard InChI is InChI=1S/C17H22/c1-3-6-14-8-5-9-16(12-14)17-11-10-15(13-17)7-4-2/h5,8-10,12-13H,3-4,6-7,11H2,1-2H3. The van der Waals surface area contributed by atoms with Crippen molar-refractivity contribution in [3.63, 3.8) is 0 Å². The molecule has 0 nitrogen and oxygen atoms in total. The second kappa shape index (κ2) is 5.86. The molecule has 1 aliphatic carbocycles. The van der Waals surface area contributed by atoms with Crippen LogP contribution in [0.25, 0.3) is 5.57 Å². The summed E-state index contributed by atoms with van der Waals surface area (Å²) in [4.78, 5) is 0. The van der Waals surface area contributed by atoms with Crippen molar-refractivity contribution in [1.82, 2.24) is 0 Å². The molecule has 0 unspecified atom stereocenters. The van der Waals surface area contributed by atoms with Gasteiger partial charge in [-0.3, -0.25) is 0 Å². The minimum absolute atomic E-state index is 1.12. The van der Waals surface area contributed by atoms with Crippen molar-refractivity contribution < 1.29 is 0 Å². The van der Waals surface area contributed by atoms with Crippen LogP contribution in [0.3, 0.4) is 0 Å². The van der Waals surface area contributed by atoms with Gasteiger partial charge in [0.15, 0.2) is 0 Å². The number of allylic oxidation sites excluding steroid dienone is 4. The van der Waals surface area contributed by atoms with Gasteiger partial charge in [0, 0.05) is 0 Å². The quantitative estimate of drug-likeness (QED) is 0.651. The van der Waals surface area contributed by atoms with Crippen molar-refractivity contribution >= 4 is 5.57 Å². The van der Waals surface area contributed by atoms with E-state index >= 15 is 0 Å². The van der Waals surface area contributed by atoms with Gasteiger partial charge in [-0.15, -0.1) is 0 Å². The molecular weight excluding hydrogens is 204 g/mol. The van der Waals surface area contributed by atoms with E-state index in [2.05, 4.69) is 50.3 Å². The van der Waals surface area contributed by atoms with Gasteiger partial charge in [-0.05, 0) is 36.0 Å². The summed E-state index contributed by atoms with van der Waals surface area (Å²) >= 11 is 0. The first-order valence-corrected chi connectivity index (χ1v) is 6.82. The number of hydrogen-bond donors (Lipinski definition) is 0. The average Bonchev–Trinajstić information content (AvgIpc) is 2.79. The van der Waals surface area contributed by atoms with E-state index in [1.807, 2.05) is 0 Å². The third-order valence-corrected chi connectivity index (χ3v) is 3.32. The van der Waals surface area contributed by atoms with E-state index in [1.54, 1.807) is 0 Å². The maximum Gasteiger partial charge on any atom is -0.00856 e. The summed E-state index contributed by atoms with van der Waals surface area (Å²) in [5.74, 6) is 0. The van der Waals surface area contributed by atoms with Gasteiger partial charge in [0.25, 0.3) is 0 Å². The Morgan fingerprint density at radius 1 is 1.06 bits per heavy atom. The minimum atomic E-state index is 1.12. The fourth-order valence-corrected chi connectivity index (χ4v) is 2.46. The van der Waals surface area contributed by atoms with E-state index in [4.69, 9.17) is 0 Å². The first-order valence-electron chi connectivity index (χ1n) is 6.82. The highest BCUT2D eigenvalue weighted by atomic mass is 14.1. The Kier molecular flexibility index (Phi) is 4.19. The predicted octanol–water partition coefficient (Wildman–Crippen LogP) is 5.15. The molecule has 2 rings (SSSR count). The van der Waals surface area contributed by atoms with E-state index in [0.717, 1.165) is 6.42 Å². The zero-order valence-corrected chi connectivity index (χ0v) is 11.0. The number of aryl methyl sites for hydroxylation is 1. The molecule has 0 fully saturated rings. The zero-order valence-electron chi connectivity index (χ0n) is 11.0. The Labute approximate surface area is 105 Å². The van der Waals surface area contributed by atoms with Gasteiger partial charge in [0.2, 0.25) is 0 Å². The molecule has 0 amide bonds. The highest BCUT2D eigenvalue weighted by Crippen LogP contribution is 2.29. The van der Waals surface area contributed by atoms with Crippen LogP contribution in [-0.4, -0.2) is 0 Å². The SMILES string of the molecule is CCCC1=CCC(c2cccc(CCC)c2)=C1. The first-order chi connectivity index (χ1) is 8.33. The van der Waals surface area contributed by atoms with E-state index in [-0.39, 0.29) is 0 Å². The molecule has 1 aliphatic rings. The molecule has 0 atom stereocenters. The van der Waals surface area contributed by atoms with Crippen molar-refractivity contribution in [3.8, 4) is 0 Å². The molecule has 0 aliphatic heterocycles. The lowest BCUT2D eigenvalue weighted by atomic mass is 10.0. The number of hydrogen-bond acceptors (Lipinski definition) is 0. The summed E-state index contributed by atoms with van der Waals surface area (Å²) < 4.78 is 0. The largest absolute Gasteiger partial charge is 0.0769 e. The number of rotatable bonds is 5. The maximum absolute atomic E-state index is 2.38. The molecule has 0 heteroatoms. The van der Waals surface area contributed by atoms with Gasteiger partial charge in [-0.2, -0.15) is 0 Å². The van der Waals surface area contributed by atoms with Crippen LogP contribution in [0.2, 0.25) is 0 Å². The molecule has 1 aromatic rings. The molecule has 0 bridgehead atoms. The molecule has 17 heavy (non-hydrogen) atoms. The Balaban J connectivity index is 2.13. The summed E-state index contributed by atoms with van der Waals surface area (Å²) in [5, 5.41) is 0. The van der Waals surface area contributed by atoms with Crippen LogP contribution in [0.4, 0.5) is 0 Å². The molecule has 0 aromatic heterocycles. The van der Waals surface area contributed by atoms with Crippen LogP contribution in [-0.2, 0) is 6.42 Å². The molecule has 0 saturated carbocycles. The zero-order chi connectivity index (χ0) is 12.1. The van der Waals surface area contributed by atoms with Gasteiger partial charge in [-0.25, -0.2) is 0 Å². The Morgan fingerprint density at radius 3 is 2.65 bits per heavy atom. The van der Waals surface area contributed by atoms with Crippen molar-refractivity contribution in [2.45, 2.75) is 46.0 Å². The molecular formula is C17H22. The van der Waals surface area contributed by atoms with Crippen molar-refractivity contribution in [2.75, 3.05) is 0 Å². The van der Waals surface area contributed by atoms with Gasteiger partial charge in [-0.1, -0.05) is 68.7 Å². The van der Waals surface area contributed by atoms with Crippen LogP contribution >= 0.6 is 0 Å². The summed E-state index contributed by atoms with van der Waals surface area (Å²) in [6, 6.07) is 9.04. The minimum Gasteiger partial charge on any atom is -0.0769 e. The molecule has 0 heterocycles. The lowest BCUT2D eigenvalue weighted by Gasteiger charge is -2.05. The summed E-state index contributed by atoms with van der Waals surface area (Å²) in [7, 11) is 0. The fourth-order valence-electron chi connectivity index (χ4n) is 2.46. The number of benzene rings is 1. The van der Waals surface area contributed by atoms with E-state index in [9.17, 15) is 0 Å². The van der Waals surface area contributed by atoms with Crippen molar-refractivity contribution in [1.29, 1.82) is 0 Å². The third-order valence-electron chi connectivity index (χ3n) is 3.32. The lowest BCUT2D eigenvalue weighted by Crippen LogP contribution is -1.86. The fraction of sp³-hybridized carbons (Fsp3) is 0.412. The Morgan fingerprint density at radius 2 is 1.88 bits per heavy atom. The molecule has 1 aromatic carbocycles. The normalized spacial score (nSPS) is 14.7. The van der Waals surface area contributed by atoms with Gasteiger partial charge in [0.1, 0.15) is 0 Å². The second-order valence-corrected chi connectivity index (χ2v) is 4.85. The molecule has 0 saturated heterocycles. The molecule has 0 spiro atoms. The summed E-state index contributed by atoms with van der Waals surface area (Å²) in [6.07, 6.45) is 10.8. The van der Waals surface area contributed by atoms with Crippen LogP contribution < -0.4 is 0 Å². The monoisotopic (exact) mass is 226 g/mol. The van der Waals surface area contributed by atoms with Crippen LogP contribution in [0.1, 0.15) is 50.7 Å². The van der Waals surface area contributed by atoms with Crippen LogP contribution in [0, 0.1) is 0 Å². The first kappa shape index (κ1) is 12.2. The highest BCUT2D eigenvalue weighted by molar-refractivity contribution is 5.72. The summed E-state index contributed by atoms with van der Waals surface area (Å²) in [5.41, 5.74) is 5.89. The van der Waals surface area contributed by atoms with E-state index in [0.29, 0.717) is 0 Å². The van der Waals surface area contributed by atoms with Gasteiger partial charge < -0.3 is 0 Å². The van der Waals surface area contributed by atoms with Crippen molar-refractivity contribution in [3.05, 3.63) is 53.1 Å². The van der Waals surface area contributed by atoms with Gasteiger partial charge in [0.05, 0.1) is 0 Å². The Bertz CT molecular complexity index is 435. The second-order valence-electron chi connectivity index (χ2n) is 4.85. The maximum atomic E-state index is 2.38. The molecule has 0 radical (unpaired) electrons. The topological polar surface area (TPSA) is 0 Å². The molecule has 90 valence electrons. The third kappa shape index (κ3) is 3.09. The van der Waals surface area contributed by atoms with Crippen LogP contribution in [0.15, 0.2) is 42.0 Å². The Hall–Kier alpha value is -1.30. The smallest absolute Gasteiger partial charge is 0.00856 e. The lowest BCUT2D eigenvalue weighted by molar-refractivity contribution is 0.921. The summed E-state index contributed by atoms with van der Waals surface area (Å²) in [6.45, 7) is 4.48. The predicted molar refractivity (Wildman–Crippen MR) is 76.0 cm³/mol. The van der Waals surface area contributed by atoms with E-state index < -0.39 is 0 Å². The highest BCUT2D eigenvalue weighted by Gasteiger charge is 2.08. The van der Waals surface area contributed by atoms with Gasteiger partial charge >= 0.3 is 0 Å².